The molecule has 4 heteroatoms. The zero-order valence-electron chi connectivity index (χ0n) is 6.95. The smallest absolute Gasteiger partial charge is 0.310 e. The van der Waals surface area contributed by atoms with Gasteiger partial charge in [-0.25, -0.2) is 0 Å². The van der Waals surface area contributed by atoms with Crippen molar-refractivity contribution in [1.29, 1.82) is 0 Å². The molecule has 68 valence electrons. The second-order valence-corrected chi connectivity index (χ2v) is 2.82. The molecule has 0 unspecified atom stereocenters. The summed E-state index contributed by atoms with van der Waals surface area (Å²) in [5.74, 6) is -1.32. The fraction of sp³-hybridized carbons (Fsp3) is 0.750. The van der Waals surface area contributed by atoms with E-state index < -0.39 is 11.8 Å². The van der Waals surface area contributed by atoms with Crippen LogP contribution in [0.3, 0.4) is 0 Å². The molecule has 0 spiro atoms. The summed E-state index contributed by atoms with van der Waals surface area (Å²) in [7, 11) is 0. The maximum atomic E-state index is 11.1. The van der Waals surface area contributed by atoms with E-state index in [0.717, 1.165) is 0 Å². The molecule has 0 aromatic rings. The van der Waals surface area contributed by atoms with Crippen LogP contribution in [0.1, 0.15) is 13.3 Å². The number of Topliss-reactive ketones (excluding diaryl/α,β-unsaturated/α-hetero) is 1. The van der Waals surface area contributed by atoms with Gasteiger partial charge in [0.05, 0.1) is 25.0 Å². The Hall–Kier alpha value is -0.900. The lowest BCUT2D eigenvalue weighted by atomic mass is 9.73. The fourth-order valence-corrected chi connectivity index (χ4v) is 1.30. The quantitative estimate of drug-likeness (QED) is 0.596. The van der Waals surface area contributed by atoms with Crippen LogP contribution in [-0.4, -0.2) is 30.1 Å². The van der Waals surface area contributed by atoms with E-state index in [4.69, 9.17) is 9.84 Å². The first-order chi connectivity index (χ1) is 5.70. The van der Waals surface area contributed by atoms with Gasteiger partial charge in [0.25, 0.3) is 0 Å². The maximum Gasteiger partial charge on any atom is 0.310 e. The van der Waals surface area contributed by atoms with Gasteiger partial charge in [-0.15, -0.1) is 0 Å². The van der Waals surface area contributed by atoms with E-state index in [1.165, 1.54) is 0 Å². The molecule has 1 aliphatic rings. The van der Waals surface area contributed by atoms with Crippen LogP contribution in [0.2, 0.25) is 0 Å². The minimum absolute atomic E-state index is 0.0458. The zero-order chi connectivity index (χ0) is 9.14. The number of aliphatic hydroxyl groups is 1. The second-order valence-electron chi connectivity index (χ2n) is 2.82. The molecule has 1 N–H and O–H groups in total. The van der Waals surface area contributed by atoms with Crippen molar-refractivity contribution in [3.8, 4) is 0 Å². The normalized spacial score (nSPS) is 28.0. The molecule has 1 saturated carbocycles. The minimum atomic E-state index is -0.510. The Morgan fingerprint density at radius 1 is 1.75 bits per heavy atom. The topological polar surface area (TPSA) is 63.6 Å². The molecule has 1 rings (SSSR count). The monoisotopic (exact) mass is 172 g/mol. The number of esters is 1. The van der Waals surface area contributed by atoms with Crippen LogP contribution < -0.4 is 0 Å². The summed E-state index contributed by atoms with van der Waals surface area (Å²) in [4.78, 5) is 21.9. The van der Waals surface area contributed by atoms with Crippen LogP contribution in [0, 0.1) is 11.8 Å². The van der Waals surface area contributed by atoms with Gasteiger partial charge in [-0.1, -0.05) is 0 Å². The Bertz CT molecular complexity index is 199. The van der Waals surface area contributed by atoms with Gasteiger partial charge in [0, 0.05) is 6.42 Å². The summed E-state index contributed by atoms with van der Waals surface area (Å²) < 4.78 is 4.72. The number of carbonyl (C=O) groups is 2. The largest absolute Gasteiger partial charge is 0.466 e. The first kappa shape index (κ1) is 9.19. The van der Waals surface area contributed by atoms with Crippen LogP contribution in [0.5, 0.6) is 0 Å². The number of hydrogen-bond acceptors (Lipinski definition) is 4. The second kappa shape index (κ2) is 3.67. The van der Waals surface area contributed by atoms with Gasteiger partial charge in [0.2, 0.25) is 0 Å². The summed E-state index contributed by atoms with van der Waals surface area (Å²) in [6.07, 6.45) is 0.226. The highest BCUT2D eigenvalue weighted by Gasteiger charge is 2.44. The molecule has 0 heterocycles. The molecule has 12 heavy (non-hydrogen) atoms. The van der Waals surface area contributed by atoms with Crippen molar-refractivity contribution in [3.63, 3.8) is 0 Å². The number of carbonyl (C=O) groups excluding carboxylic acids is 2. The number of ether oxygens (including phenoxy) is 1. The van der Waals surface area contributed by atoms with E-state index in [1.54, 1.807) is 6.92 Å². The molecule has 2 atom stereocenters. The van der Waals surface area contributed by atoms with Crippen molar-refractivity contribution < 1.29 is 19.4 Å². The summed E-state index contributed by atoms with van der Waals surface area (Å²) in [6, 6.07) is 0. The summed E-state index contributed by atoms with van der Waals surface area (Å²) in [5.41, 5.74) is 0. The zero-order valence-corrected chi connectivity index (χ0v) is 6.95. The first-order valence-corrected chi connectivity index (χ1v) is 4.01. The predicted octanol–water partition coefficient (Wildman–Crippen LogP) is -0.253. The van der Waals surface area contributed by atoms with Crippen LogP contribution in [0.4, 0.5) is 0 Å². The Balaban J connectivity index is 2.44. The van der Waals surface area contributed by atoms with Crippen LogP contribution in [0.25, 0.3) is 0 Å². The van der Waals surface area contributed by atoms with Gasteiger partial charge in [0.15, 0.2) is 0 Å². The Labute approximate surface area is 70.5 Å². The molecule has 0 saturated heterocycles. The number of aliphatic hydroxyl groups excluding tert-OH is 1. The summed E-state index contributed by atoms with van der Waals surface area (Å²) in [6.45, 7) is 1.79. The molecule has 0 aliphatic heterocycles. The van der Waals surface area contributed by atoms with Crippen LogP contribution in [0.15, 0.2) is 0 Å². The standard InChI is InChI=1S/C8H12O4/c1-2-12-8(11)5-3-7(10)6(5)4-9/h5-6,9H,2-4H2,1H3/t5-,6+/m1/s1. The third kappa shape index (κ3) is 1.48. The molecular weight excluding hydrogens is 160 g/mol. The molecule has 0 bridgehead atoms. The summed E-state index contributed by atoms with van der Waals surface area (Å²) in [5, 5.41) is 8.72. The minimum Gasteiger partial charge on any atom is -0.466 e. The molecule has 0 aromatic carbocycles. The van der Waals surface area contributed by atoms with Crippen LogP contribution in [-0.2, 0) is 14.3 Å². The highest BCUT2D eigenvalue weighted by Crippen LogP contribution is 2.31. The Morgan fingerprint density at radius 3 is 2.83 bits per heavy atom. The Morgan fingerprint density at radius 2 is 2.42 bits per heavy atom. The van der Waals surface area contributed by atoms with Gasteiger partial charge >= 0.3 is 5.97 Å². The highest BCUT2D eigenvalue weighted by molar-refractivity contribution is 5.96. The third-order valence-corrected chi connectivity index (χ3v) is 2.11. The van der Waals surface area contributed by atoms with Crippen molar-refractivity contribution in [1.82, 2.24) is 0 Å². The number of rotatable bonds is 3. The van der Waals surface area contributed by atoms with E-state index in [-0.39, 0.29) is 24.8 Å². The predicted molar refractivity (Wildman–Crippen MR) is 40.3 cm³/mol. The molecule has 4 nitrogen and oxygen atoms in total. The van der Waals surface area contributed by atoms with Crippen molar-refractivity contribution in [2.24, 2.45) is 11.8 Å². The van der Waals surface area contributed by atoms with Gasteiger partial charge in [-0.05, 0) is 6.92 Å². The lowest BCUT2D eigenvalue weighted by Crippen LogP contribution is -2.44. The van der Waals surface area contributed by atoms with Gasteiger partial charge in [-0.3, -0.25) is 9.59 Å². The van der Waals surface area contributed by atoms with Crippen LogP contribution >= 0.6 is 0 Å². The first-order valence-electron chi connectivity index (χ1n) is 4.01. The molecule has 1 fully saturated rings. The number of hydrogen-bond donors (Lipinski definition) is 1. The highest BCUT2D eigenvalue weighted by atomic mass is 16.5. The fourth-order valence-electron chi connectivity index (χ4n) is 1.30. The maximum absolute atomic E-state index is 11.1. The van der Waals surface area contributed by atoms with E-state index in [1.807, 2.05) is 0 Å². The van der Waals surface area contributed by atoms with Crippen molar-refractivity contribution >= 4 is 11.8 Å². The molecule has 0 amide bonds. The van der Waals surface area contributed by atoms with Gasteiger partial charge < -0.3 is 9.84 Å². The average Bonchev–Trinajstić information content (AvgIpc) is 2.01. The van der Waals surface area contributed by atoms with E-state index in [0.29, 0.717) is 6.61 Å². The molecule has 0 aromatic heterocycles. The molecule has 0 radical (unpaired) electrons. The van der Waals surface area contributed by atoms with Gasteiger partial charge in [-0.2, -0.15) is 0 Å². The van der Waals surface area contributed by atoms with Crippen molar-refractivity contribution in [3.05, 3.63) is 0 Å². The van der Waals surface area contributed by atoms with Crippen molar-refractivity contribution in [2.75, 3.05) is 13.2 Å². The van der Waals surface area contributed by atoms with E-state index in [9.17, 15) is 9.59 Å². The number of ketones is 1. The lowest BCUT2D eigenvalue weighted by molar-refractivity contribution is -0.161. The third-order valence-electron chi connectivity index (χ3n) is 2.11. The van der Waals surface area contributed by atoms with E-state index in [2.05, 4.69) is 0 Å². The summed E-state index contributed by atoms with van der Waals surface area (Å²) >= 11 is 0. The SMILES string of the molecule is CCOC(=O)[C@@H]1CC(=O)[C@H]1CO. The Kier molecular flexibility index (Phi) is 2.81. The van der Waals surface area contributed by atoms with Gasteiger partial charge in [0.1, 0.15) is 5.78 Å². The molecule has 1 aliphatic carbocycles. The van der Waals surface area contributed by atoms with E-state index >= 15 is 0 Å². The average molecular weight is 172 g/mol. The van der Waals surface area contributed by atoms with Crippen molar-refractivity contribution in [2.45, 2.75) is 13.3 Å². The lowest BCUT2D eigenvalue weighted by Gasteiger charge is -2.31. The molecular formula is C8H12O4.